The lowest BCUT2D eigenvalue weighted by Crippen LogP contribution is -2.48. The van der Waals surface area contributed by atoms with Crippen molar-refractivity contribution in [2.75, 3.05) is 6.54 Å². The van der Waals surface area contributed by atoms with Crippen LogP contribution in [0.2, 0.25) is 0 Å². The molecule has 0 aromatic rings. The minimum absolute atomic E-state index is 0.0449. The normalized spacial score (nSPS) is 16.2. The second kappa shape index (κ2) is 7.19. The molecule has 0 spiro atoms. The molecule has 1 unspecified atom stereocenters. The first-order valence-corrected chi connectivity index (χ1v) is 5.32. The van der Waals surface area contributed by atoms with Crippen LogP contribution in [-0.2, 0) is 9.59 Å². The van der Waals surface area contributed by atoms with Gasteiger partial charge in [0.05, 0.1) is 6.10 Å². The van der Waals surface area contributed by atoms with Gasteiger partial charge in [0, 0.05) is 6.42 Å². The van der Waals surface area contributed by atoms with Crippen LogP contribution < -0.4 is 11.1 Å². The molecular formula is C10H20N2O4. The quantitative estimate of drug-likeness (QED) is 0.464. The number of aliphatic hydroxyl groups is 1. The first kappa shape index (κ1) is 14.9. The van der Waals surface area contributed by atoms with Crippen LogP contribution in [0.5, 0.6) is 0 Å². The number of aliphatic hydroxyl groups excluding tert-OH is 1. The summed E-state index contributed by atoms with van der Waals surface area (Å²) < 4.78 is 0. The van der Waals surface area contributed by atoms with E-state index in [0.717, 1.165) is 6.42 Å². The molecule has 0 aliphatic carbocycles. The zero-order valence-electron chi connectivity index (χ0n) is 9.64. The summed E-state index contributed by atoms with van der Waals surface area (Å²) in [5.41, 5.74) is 5.44. The number of hydrogen-bond acceptors (Lipinski definition) is 4. The predicted molar refractivity (Wildman–Crippen MR) is 58.7 cm³/mol. The summed E-state index contributed by atoms with van der Waals surface area (Å²) >= 11 is 0. The Bertz CT molecular complexity index is 239. The smallest absolute Gasteiger partial charge is 0.328 e. The van der Waals surface area contributed by atoms with Crippen LogP contribution in [-0.4, -0.2) is 40.8 Å². The van der Waals surface area contributed by atoms with E-state index in [1.807, 2.05) is 6.92 Å². The highest BCUT2D eigenvalue weighted by atomic mass is 16.4. The molecule has 5 N–H and O–H groups in total. The lowest BCUT2D eigenvalue weighted by Gasteiger charge is -2.18. The SMILES string of the molecule is CCC(CN)CC(=O)N[C@H](C(=O)O)[C@@H](C)O. The molecule has 0 aromatic heterocycles. The van der Waals surface area contributed by atoms with Crippen LogP contribution in [0.25, 0.3) is 0 Å². The summed E-state index contributed by atoms with van der Waals surface area (Å²) in [4.78, 5) is 22.2. The number of carbonyl (C=O) groups excluding carboxylic acids is 1. The Kier molecular flexibility index (Phi) is 6.67. The summed E-state index contributed by atoms with van der Waals surface area (Å²) in [6, 6.07) is -1.26. The van der Waals surface area contributed by atoms with E-state index in [-0.39, 0.29) is 12.3 Å². The fourth-order valence-electron chi connectivity index (χ4n) is 1.28. The van der Waals surface area contributed by atoms with Crippen LogP contribution in [0.4, 0.5) is 0 Å². The fourth-order valence-corrected chi connectivity index (χ4v) is 1.28. The van der Waals surface area contributed by atoms with E-state index in [0.29, 0.717) is 6.54 Å². The third kappa shape index (κ3) is 5.09. The third-order valence-electron chi connectivity index (χ3n) is 2.45. The molecule has 0 saturated carbocycles. The monoisotopic (exact) mass is 232 g/mol. The second-order valence-corrected chi connectivity index (χ2v) is 3.84. The Hall–Kier alpha value is -1.14. The number of nitrogens with one attached hydrogen (secondary N) is 1. The Morgan fingerprint density at radius 1 is 1.44 bits per heavy atom. The molecule has 3 atom stereocenters. The second-order valence-electron chi connectivity index (χ2n) is 3.84. The maximum absolute atomic E-state index is 11.4. The predicted octanol–water partition coefficient (Wildman–Crippen LogP) is -0.688. The number of carboxylic acid groups (broad SMARTS) is 1. The fraction of sp³-hybridized carbons (Fsp3) is 0.800. The standard InChI is InChI=1S/C10H20N2O4/c1-3-7(5-11)4-8(14)12-9(6(2)13)10(15)16/h6-7,9,13H,3-5,11H2,1-2H3,(H,12,14)(H,15,16)/t6-,7?,9+/m1/s1. The number of carboxylic acids is 1. The summed E-state index contributed by atoms with van der Waals surface area (Å²) in [5.74, 6) is -1.60. The molecule has 0 aromatic carbocycles. The van der Waals surface area contributed by atoms with Gasteiger partial charge in [-0.25, -0.2) is 4.79 Å². The van der Waals surface area contributed by atoms with Crippen LogP contribution in [0, 0.1) is 5.92 Å². The van der Waals surface area contributed by atoms with Crippen molar-refractivity contribution in [3.05, 3.63) is 0 Å². The number of amides is 1. The van der Waals surface area contributed by atoms with Gasteiger partial charge >= 0.3 is 5.97 Å². The number of nitrogens with two attached hydrogens (primary N) is 1. The lowest BCUT2D eigenvalue weighted by molar-refractivity contribution is -0.144. The van der Waals surface area contributed by atoms with E-state index in [4.69, 9.17) is 15.9 Å². The zero-order valence-corrected chi connectivity index (χ0v) is 9.64. The van der Waals surface area contributed by atoms with Crippen molar-refractivity contribution < 1.29 is 19.8 Å². The minimum atomic E-state index is -1.26. The molecule has 0 aliphatic heterocycles. The van der Waals surface area contributed by atoms with Crippen molar-refractivity contribution in [2.24, 2.45) is 11.7 Å². The van der Waals surface area contributed by atoms with E-state index in [1.165, 1.54) is 6.92 Å². The number of aliphatic carboxylic acids is 1. The zero-order chi connectivity index (χ0) is 12.7. The van der Waals surface area contributed by atoms with Crippen LogP contribution in [0.3, 0.4) is 0 Å². The van der Waals surface area contributed by atoms with Gasteiger partial charge in [0.25, 0.3) is 0 Å². The molecule has 94 valence electrons. The molecule has 1 amide bonds. The average molecular weight is 232 g/mol. The Balaban J connectivity index is 4.25. The number of carbonyl (C=O) groups is 2. The van der Waals surface area contributed by atoms with Crippen molar-refractivity contribution in [1.82, 2.24) is 5.32 Å². The molecule has 0 heterocycles. The highest BCUT2D eigenvalue weighted by molar-refractivity contribution is 5.84. The van der Waals surface area contributed by atoms with Gasteiger partial charge in [-0.15, -0.1) is 0 Å². The van der Waals surface area contributed by atoms with Gasteiger partial charge in [0.1, 0.15) is 0 Å². The molecule has 0 rings (SSSR count). The topological polar surface area (TPSA) is 113 Å². The summed E-state index contributed by atoms with van der Waals surface area (Å²) in [6.45, 7) is 3.61. The van der Waals surface area contributed by atoms with Crippen molar-refractivity contribution in [2.45, 2.75) is 38.8 Å². The van der Waals surface area contributed by atoms with E-state index in [9.17, 15) is 9.59 Å². The summed E-state index contributed by atoms with van der Waals surface area (Å²) in [7, 11) is 0. The third-order valence-corrected chi connectivity index (χ3v) is 2.45. The van der Waals surface area contributed by atoms with Gasteiger partial charge in [-0.2, -0.15) is 0 Å². The first-order valence-electron chi connectivity index (χ1n) is 5.32. The van der Waals surface area contributed by atoms with Crippen LogP contribution >= 0.6 is 0 Å². The highest BCUT2D eigenvalue weighted by Gasteiger charge is 2.25. The van der Waals surface area contributed by atoms with Gasteiger partial charge in [0.15, 0.2) is 6.04 Å². The van der Waals surface area contributed by atoms with E-state index in [1.54, 1.807) is 0 Å². The number of hydrogen-bond donors (Lipinski definition) is 4. The van der Waals surface area contributed by atoms with E-state index in [2.05, 4.69) is 5.32 Å². The largest absolute Gasteiger partial charge is 0.480 e. The van der Waals surface area contributed by atoms with Gasteiger partial charge in [0.2, 0.25) is 5.91 Å². The van der Waals surface area contributed by atoms with Gasteiger partial charge < -0.3 is 21.3 Å². The minimum Gasteiger partial charge on any atom is -0.480 e. The molecule has 0 saturated heterocycles. The molecule has 0 bridgehead atoms. The molecule has 0 fully saturated rings. The van der Waals surface area contributed by atoms with Gasteiger partial charge in [-0.1, -0.05) is 13.3 Å². The van der Waals surface area contributed by atoms with E-state index < -0.39 is 24.0 Å². The molecule has 0 radical (unpaired) electrons. The Morgan fingerprint density at radius 2 is 2.00 bits per heavy atom. The van der Waals surface area contributed by atoms with Crippen molar-refractivity contribution in [1.29, 1.82) is 0 Å². The van der Waals surface area contributed by atoms with Gasteiger partial charge in [-0.3, -0.25) is 4.79 Å². The Labute approximate surface area is 94.8 Å². The van der Waals surface area contributed by atoms with Gasteiger partial charge in [-0.05, 0) is 19.4 Å². The molecule has 6 nitrogen and oxygen atoms in total. The van der Waals surface area contributed by atoms with Crippen molar-refractivity contribution in [3.8, 4) is 0 Å². The summed E-state index contributed by atoms with van der Waals surface area (Å²) in [5, 5.41) is 20.2. The lowest BCUT2D eigenvalue weighted by atomic mass is 10.0. The van der Waals surface area contributed by atoms with Crippen LogP contribution in [0.15, 0.2) is 0 Å². The van der Waals surface area contributed by atoms with Crippen molar-refractivity contribution in [3.63, 3.8) is 0 Å². The summed E-state index contributed by atoms with van der Waals surface area (Å²) in [6.07, 6.45) is -0.181. The van der Waals surface area contributed by atoms with Crippen LogP contribution in [0.1, 0.15) is 26.7 Å². The molecule has 6 heteroatoms. The number of rotatable bonds is 7. The molecule has 0 aliphatic rings. The molecule has 16 heavy (non-hydrogen) atoms. The maximum Gasteiger partial charge on any atom is 0.328 e. The molecular weight excluding hydrogens is 212 g/mol. The Morgan fingerprint density at radius 3 is 2.31 bits per heavy atom. The van der Waals surface area contributed by atoms with E-state index >= 15 is 0 Å². The van der Waals surface area contributed by atoms with Crippen molar-refractivity contribution >= 4 is 11.9 Å². The average Bonchev–Trinajstić information content (AvgIpc) is 2.21. The maximum atomic E-state index is 11.4. The highest BCUT2D eigenvalue weighted by Crippen LogP contribution is 2.06. The first-order chi connectivity index (χ1) is 7.42.